The lowest BCUT2D eigenvalue weighted by Crippen LogP contribution is -2.46. The Morgan fingerprint density at radius 3 is 2.62 bits per heavy atom. The molecule has 8 nitrogen and oxygen atoms in total. The molecule has 1 aliphatic heterocycles. The third-order valence-corrected chi connectivity index (χ3v) is 4.11. The predicted molar refractivity (Wildman–Crippen MR) is 99.2 cm³/mol. The molecule has 0 bridgehead atoms. The van der Waals surface area contributed by atoms with Crippen molar-refractivity contribution in [1.82, 2.24) is 20.2 Å². The third-order valence-electron chi connectivity index (χ3n) is 4.11. The quantitative estimate of drug-likeness (QED) is 0.804. The number of hydrogen-bond acceptors (Lipinski definition) is 6. The van der Waals surface area contributed by atoms with Gasteiger partial charge in [-0.1, -0.05) is 13.8 Å². The van der Waals surface area contributed by atoms with Crippen LogP contribution in [0.15, 0.2) is 6.07 Å². The molecule has 8 heteroatoms. The van der Waals surface area contributed by atoms with Gasteiger partial charge < -0.3 is 20.3 Å². The van der Waals surface area contributed by atoms with Crippen LogP contribution in [0.4, 0.5) is 10.7 Å². The second-order valence-electron chi connectivity index (χ2n) is 6.93. The summed E-state index contributed by atoms with van der Waals surface area (Å²) in [6, 6.07) is 1.71. The number of aromatic nitrogens is 2. The highest BCUT2D eigenvalue weighted by molar-refractivity contribution is 5.92. The van der Waals surface area contributed by atoms with Crippen LogP contribution in [0.2, 0.25) is 0 Å². The highest BCUT2D eigenvalue weighted by Crippen LogP contribution is 2.13. The SMILES string of the molecule is CCOC(=O)N1CCC(NC(=O)c2cc(C)nc(NCC(C)C)n2)CC1. The molecule has 2 amide bonds. The molecule has 2 rings (SSSR count). The van der Waals surface area contributed by atoms with Gasteiger partial charge in [-0.2, -0.15) is 0 Å². The fourth-order valence-electron chi connectivity index (χ4n) is 2.74. The molecular formula is C18H29N5O3. The zero-order chi connectivity index (χ0) is 19.1. The van der Waals surface area contributed by atoms with Gasteiger partial charge in [0.2, 0.25) is 5.95 Å². The maximum atomic E-state index is 12.5. The summed E-state index contributed by atoms with van der Waals surface area (Å²) >= 11 is 0. The number of ether oxygens (including phenoxy) is 1. The minimum absolute atomic E-state index is 0.0236. The molecule has 26 heavy (non-hydrogen) atoms. The zero-order valence-electron chi connectivity index (χ0n) is 16.0. The molecule has 0 atom stereocenters. The van der Waals surface area contributed by atoms with Gasteiger partial charge in [0.1, 0.15) is 5.69 Å². The lowest BCUT2D eigenvalue weighted by Gasteiger charge is -2.31. The number of carbonyl (C=O) groups is 2. The molecule has 1 aliphatic rings. The minimum atomic E-state index is -0.287. The summed E-state index contributed by atoms with van der Waals surface area (Å²) in [5.74, 6) is 0.722. The van der Waals surface area contributed by atoms with Crippen LogP contribution in [0.25, 0.3) is 0 Å². The predicted octanol–water partition coefficient (Wildman–Crippen LogP) is 2.20. The Kier molecular flexibility index (Phi) is 7.17. The first kappa shape index (κ1) is 19.9. The largest absolute Gasteiger partial charge is 0.450 e. The van der Waals surface area contributed by atoms with Gasteiger partial charge in [-0.15, -0.1) is 0 Å². The van der Waals surface area contributed by atoms with E-state index in [-0.39, 0.29) is 18.0 Å². The highest BCUT2D eigenvalue weighted by Gasteiger charge is 2.25. The van der Waals surface area contributed by atoms with Crippen LogP contribution in [0.1, 0.15) is 49.8 Å². The maximum absolute atomic E-state index is 12.5. The maximum Gasteiger partial charge on any atom is 0.409 e. The van der Waals surface area contributed by atoms with Crippen molar-refractivity contribution in [1.29, 1.82) is 0 Å². The Hall–Kier alpha value is -2.38. The van der Waals surface area contributed by atoms with E-state index in [0.29, 0.717) is 50.1 Å². The van der Waals surface area contributed by atoms with Gasteiger partial charge >= 0.3 is 6.09 Å². The molecule has 2 heterocycles. The van der Waals surface area contributed by atoms with Crippen molar-refractivity contribution in [3.05, 3.63) is 17.5 Å². The molecule has 1 aromatic heterocycles. The summed E-state index contributed by atoms with van der Waals surface area (Å²) in [6.45, 7) is 10.1. The van der Waals surface area contributed by atoms with Crippen LogP contribution in [-0.2, 0) is 4.74 Å². The third kappa shape index (κ3) is 5.86. The summed E-state index contributed by atoms with van der Waals surface area (Å²) in [5, 5.41) is 6.16. The number of nitrogens with zero attached hydrogens (tertiary/aromatic N) is 3. The summed E-state index contributed by atoms with van der Waals surface area (Å²) < 4.78 is 5.01. The topological polar surface area (TPSA) is 96.5 Å². The number of aryl methyl sites for hydroxylation is 1. The van der Waals surface area contributed by atoms with E-state index in [0.717, 1.165) is 12.2 Å². The first-order chi connectivity index (χ1) is 12.4. The van der Waals surface area contributed by atoms with Gasteiger partial charge in [0.05, 0.1) is 6.61 Å². The Morgan fingerprint density at radius 1 is 1.31 bits per heavy atom. The molecule has 1 aromatic rings. The van der Waals surface area contributed by atoms with E-state index in [1.165, 1.54) is 0 Å². The van der Waals surface area contributed by atoms with Crippen LogP contribution in [0, 0.1) is 12.8 Å². The number of nitrogens with one attached hydrogen (secondary N) is 2. The summed E-state index contributed by atoms with van der Waals surface area (Å²) in [5.41, 5.74) is 1.10. The number of amides is 2. The molecule has 0 unspecified atom stereocenters. The van der Waals surface area contributed by atoms with Gasteiger partial charge in [-0.3, -0.25) is 4.79 Å². The normalized spacial score (nSPS) is 15.0. The van der Waals surface area contributed by atoms with E-state index < -0.39 is 0 Å². The molecule has 0 aliphatic carbocycles. The van der Waals surface area contributed by atoms with Crippen LogP contribution in [0.5, 0.6) is 0 Å². The van der Waals surface area contributed by atoms with Crippen molar-refractivity contribution in [2.45, 2.75) is 46.6 Å². The van der Waals surface area contributed by atoms with Crippen molar-refractivity contribution in [2.24, 2.45) is 5.92 Å². The lowest BCUT2D eigenvalue weighted by molar-refractivity contribution is 0.0856. The van der Waals surface area contributed by atoms with E-state index >= 15 is 0 Å². The Balaban J connectivity index is 1.91. The van der Waals surface area contributed by atoms with E-state index in [4.69, 9.17) is 4.74 Å². The number of likely N-dealkylation sites (tertiary alicyclic amines) is 1. The molecule has 0 radical (unpaired) electrons. The van der Waals surface area contributed by atoms with Gasteiger partial charge in [0.15, 0.2) is 0 Å². The molecule has 1 fully saturated rings. The average Bonchev–Trinajstić information content (AvgIpc) is 2.60. The summed E-state index contributed by atoms with van der Waals surface area (Å²) in [4.78, 5) is 34.6. The van der Waals surface area contributed by atoms with Crippen molar-refractivity contribution in [2.75, 3.05) is 31.6 Å². The average molecular weight is 363 g/mol. The van der Waals surface area contributed by atoms with E-state index in [1.807, 2.05) is 6.92 Å². The molecular weight excluding hydrogens is 334 g/mol. The van der Waals surface area contributed by atoms with Gasteiger partial charge in [-0.05, 0) is 38.7 Å². The highest BCUT2D eigenvalue weighted by atomic mass is 16.6. The smallest absolute Gasteiger partial charge is 0.409 e. The molecule has 0 spiro atoms. The standard InChI is InChI=1S/C18H29N5O3/c1-5-26-18(25)23-8-6-14(7-9-23)21-16(24)15-10-13(4)20-17(22-15)19-11-12(2)3/h10,12,14H,5-9,11H2,1-4H3,(H,21,24)(H,19,20,22). The van der Waals surface area contributed by atoms with E-state index in [9.17, 15) is 9.59 Å². The monoisotopic (exact) mass is 363 g/mol. The Morgan fingerprint density at radius 2 is 2.00 bits per heavy atom. The second-order valence-corrected chi connectivity index (χ2v) is 6.93. The molecule has 2 N–H and O–H groups in total. The van der Waals surface area contributed by atoms with E-state index in [2.05, 4.69) is 34.4 Å². The van der Waals surface area contributed by atoms with Crippen molar-refractivity contribution in [3.63, 3.8) is 0 Å². The molecule has 0 saturated carbocycles. The number of carbonyl (C=O) groups excluding carboxylic acids is 2. The van der Waals surface area contributed by atoms with Crippen LogP contribution < -0.4 is 10.6 Å². The number of rotatable bonds is 6. The Bertz CT molecular complexity index is 627. The molecule has 1 saturated heterocycles. The minimum Gasteiger partial charge on any atom is -0.450 e. The summed E-state index contributed by atoms with van der Waals surface area (Å²) in [6.07, 6.45) is 1.12. The Labute approximate surface area is 154 Å². The van der Waals surface area contributed by atoms with Crippen molar-refractivity contribution in [3.8, 4) is 0 Å². The fourth-order valence-corrected chi connectivity index (χ4v) is 2.74. The first-order valence-corrected chi connectivity index (χ1v) is 9.21. The van der Waals surface area contributed by atoms with E-state index in [1.54, 1.807) is 17.9 Å². The first-order valence-electron chi connectivity index (χ1n) is 9.21. The fraction of sp³-hybridized carbons (Fsp3) is 0.667. The number of piperidine rings is 1. The summed E-state index contributed by atoms with van der Waals surface area (Å²) in [7, 11) is 0. The lowest BCUT2D eigenvalue weighted by atomic mass is 10.1. The molecule has 0 aromatic carbocycles. The molecule has 144 valence electrons. The van der Waals surface area contributed by atoms with Gasteiger partial charge in [0, 0.05) is 31.4 Å². The van der Waals surface area contributed by atoms with Crippen molar-refractivity contribution >= 4 is 17.9 Å². The second kappa shape index (κ2) is 9.35. The van der Waals surface area contributed by atoms with Crippen LogP contribution >= 0.6 is 0 Å². The van der Waals surface area contributed by atoms with Gasteiger partial charge in [0.25, 0.3) is 5.91 Å². The van der Waals surface area contributed by atoms with Crippen LogP contribution in [0.3, 0.4) is 0 Å². The number of hydrogen-bond donors (Lipinski definition) is 2. The number of anilines is 1. The zero-order valence-corrected chi connectivity index (χ0v) is 16.0. The van der Waals surface area contributed by atoms with Crippen molar-refractivity contribution < 1.29 is 14.3 Å². The van der Waals surface area contributed by atoms with Gasteiger partial charge in [-0.25, -0.2) is 14.8 Å². The van der Waals surface area contributed by atoms with Crippen LogP contribution in [-0.4, -0.2) is 59.2 Å².